The smallest absolute Gasteiger partial charge is 0.291 e. The van der Waals surface area contributed by atoms with Crippen LogP contribution in [0, 0.1) is 6.92 Å². The summed E-state index contributed by atoms with van der Waals surface area (Å²) in [6, 6.07) is 9.48. The standard InChI is InChI=1S/C18H16N4O2S2/c1-10-8-9-26-15(10)17-21(11(2)23)13-7-5-4-6-12(13)14-16(24)19-18(25-3)20-22(14)17/h4-9,17H,1-3H3/p+1/t17-/m1/s1. The number of rotatable bonds is 2. The second-order valence-electron chi connectivity index (χ2n) is 6.00. The van der Waals surface area contributed by atoms with Crippen molar-refractivity contribution in [3.05, 3.63) is 56.5 Å². The molecule has 1 N–H and O–H groups in total. The highest BCUT2D eigenvalue weighted by Gasteiger charge is 2.45. The van der Waals surface area contributed by atoms with Crippen LogP contribution < -0.4 is 15.1 Å². The predicted molar refractivity (Wildman–Crippen MR) is 103 cm³/mol. The molecule has 26 heavy (non-hydrogen) atoms. The number of hydrogen-bond acceptors (Lipinski definition) is 5. The molecule has 1 aromatic carbocycles. The number of carbonyl (C=O) groups excluding carboxylic acids is 1. The fourth-order valence-electron chi connectivity index (χ4n) is 3.29. The number of nitrogens with zero attached hydrogens (tertiary/aromatic N) is 3. The molecule has 8 heteroatoms. The third-order valence-electron chi connectivity index (χ3n) is 4.43. The summed E-state index contributed by atoms with van der Waals surface area (Å²) in [6.45, 7) is 3.55. The second kappa shape index (κ2) is 6.37. The third-order valence-corrected chi connectivity index (χ3v) is 6.06. The molecule has 1 aliphatic rings. The number of thiophene rings is 1. The topological polar surface area (TPSA) is 69.9 Å². The van der Waals surface area contributed by atoms with E-state index in [0.29, 0.717) is 16.4 Å². The van der Waals surface area contributed by atoms with Crippen molar-refractivity contribution in [3.63, 3.8) is 0 Å². The number of aryl methyl sites for hydroxylation is 1. The summed E-state index contributed by atoms with van der Waals surface area (Å²) >= 11 is 2.92. The number of aromatic amines is 1. The number of aromatic nitrogens is 3. The summed E-state index contributed by atoms with van der Waals surface area (Å²) in [6.07, 6.45) is 1.38. The van der Waals surface area contributed by atoms with Gasteiger partial charge in [-0.15, -0.1) is 11.3 Å². The Hall–Kier alpha value is -2.45. The fourth-order valence-corrected chi connectivity index (χ4v) is 4.66. The van der Waals surface area contributed by atoms with Crippen LogP contribution in [0.3, 0.4) is 0 Å². The zero-order valence-electron chi connectivity index (χ0n) is 14.5. The highest BCUT2D eigenvalue weighted by molar-refractivity contribution is 7.98. The van der Waals surface area contributed by atoms with Crippen LogP contribution in [0.5, 0.6) is 0 Å². The number of benzene rings is 1. The number of H-pyrrole nitrogens is 1. The van der Waals surface area contributed by atoms with E-state index in [1.807, 2.05) is 48.9 Å². The molecule has 1 amide bonds. The lowest BCUT2D eigenvalue weighted by Crippen LogP contribution is -2.60. The summed E-state index contributed by atoms with van der Waals surface area (Å²) in [5.41, 5.74) is 2.75. The average Bonchev–Trinajstić information content (AvgIpc) is 3.05. The first-order valence-electron chi connectivity index (χ1n) is 8.06. The number of anilines is 1. The van der Waals surface area contributed by atoms with Crippen LogP contribution in [0.4, 0.5) is 5.69 Å². The van der Waals surface area contributed by atoms with E-state index >= 15 is 0 Å². The van der Waals surface area contributed by atoms with Crippen LogP contribution in [0.25, 0.3) is 11.3 Å². The number of thioether (sulfide) groups is 1. The van der Waals surface area contributed by atoms with E-state index in [1.54, 1.807) is 27.8 Å². The third kappa shape index (κ3) is 2.48. The Balaban J connectivity index is 2.12. The molecule has 4 rings (SSSR count). The zero-order chi connectivity index (χ0) is 18.4. The minimum atomic E-state index is -0.481. The SMILES string of the molecule is CSc1n[n+]2c(c(=O)[nH]1)-c1ccccc1N(C(C)=O)[C@H]2c1sccc1C. The van der Waals surface area contributed by atoms with Crippen LogP contribution >= 0.6 is 23.1 Å². The molecule has 0 spiro atoms. The highest BCUT2D eigenvalue weighted by Crippen LogP contribution is 2.39. The van der Waals surface area contributed by atoms with Gasteiger partial charge < -0.3 is 0 Å². The number of nitrogens with one attached hydrogen (secondary N) is 1. The molecule has 0 aliphatic carbocycles. The Kier molecular flexibility index (Phi) is 4.16. The van der Waals surface area contributed by atoms with Crippen molar-refractivity contribution < 1.29 is 9.48 Å². The van der Waals surface area contributed by atoms with E-state index in [2.05, 4.69) is 10.1 Å². The Morgan fingerprint density at radius 1 is 1.35 bits per heavy atom. The summed E-state index contributed by atoms with van der Waals surface area (Å²) in [7, 11) is 0. The lowest BCUT2D eigenvalue weighted by atomic mass is 10.0. The normalized spacial score (nSPS) is 15.5. The Labute approximate surface area is 158 Å². The number of carbonyl (C=O) groups is 1. The first-order chi connectivity index (χ1) is 12.5. The summed E-state index contributed by atoms with van der Waals surface area (Å²) in [4.78, 5) is 31.0. The molecular formula is C18H17N4O2S2+. The monoisotopic (exact) mass is 385 g/mol. The lowest BCUT2D eigenvalue weighted by molar-refractivity contribution is -0.762. The van der Waals surface area contributed by atoms with Gasteiger partial charge in [0.1, 0.15) is 4.88 Å². The molecule has 6 nitrogen and oxygen atoms in total. The molecule has 0 radical (unpaired) electrons. The summed E-state index contributed by atoms with van der Waals surface area (Å²) in [5.74, 6) is -0.0961. The maximum atomic E-state index is 12.9. The molecule has 0 fully saturated rings. The van der Waals surface area contributed by atoms with Gasteiger partial charge in [-0.25, -0.2) is 4.90 Å². The first-order valence-corrected chi connectivity index (χ1v) is 10.2. The number of fused-ring (bicyclic) bond motifs is 3. The molecular weight excluding hydrogens is 368 g/mol. The van der Waals surface area contributed by atoms with Gasteiger partial charge in [0, 0.05) is 12.0 Å². The van der Waals surface area contributed by atoms with Crippen molar-refractivity contribution in [3.8, 4) is 11.3 Å². The molecule has 132 valence electrons. The molecule has 2 aromatic heterocycles. The quantitative estimate of drug-likeness (QED) is 0.544. The van der Waals surface area contributed by atoms with Gasteiger partial charge in [0.2, 0.25) is 11.1 Å². The van der Waals surface area contributed by atoms with Crippen molar-refractivity contribution in [2.24, 2.45) is 0 Å². The van der Waals surface area contributed by atoms with Crippen LogP contribution in [0.15, 0.2) is 45.7 Å². The maximum absolute atomic E-state index is 12.9. The molecule has 0 bridgehead atoms. The van der Waals surface area contributed by atoms with Gasteiger partial charge in [-0.1, -0.05) is 23.9 Å². The van der Waals surface area contributed by atoms with Crippen molar-refractivity contribution >= 4 is 34.7 Å². The molecule has 3 heterocycles. The van der Waals surface area contributed by atoms with E-state index in [4.69, 9.17) is 0 Å². The molecule has 1 aliphatic heterocycles. The van der Waals surface area contributed by atoms with Gasteiger partial charge in [-0.05, 0) is 47.0 Å². The van der Waals surface area contributed by atoms with E-state index in [0.717, 1.165) is 16.1 Å². The van der Waals surface area contributed by atoms with Crippen molar-refractivity contribution in [2.45, 2.75) is 25.2 Å². The minimum absolute atomic E-state index is 0.0961. The van der Waals surface area contributed by atoms with Crippen molar-refractivity contribution in [1.82, 2.24) is 10.1 Å². The van der Waals surface area contributed by atoms with Crippen LogP contribution in [0.1, 0.15) is 23.5 Å². The van der Waals surface area contributed by atoms with Crippen LogP contribution in [-0.2, 0) is 4.79 Å². The van der Waals surface area contributed by atoms with Gasteiger partial charge in [-0.2, -0.15) is 0 Å². The fraction of sp³-hybridized carbons (Fsp3) is 0.222. The molecule has 3 aromatic rings. The van der Waals surface area contributed by atoms with E-state index < -0.39 is 6.17 Å². The molecule has 0 unspecified atom stereocenters. The predicted octanol–water partition coefficient (Wildman–Crippen LogP) is 2.73. The van der Waals surface area contributed by atoms with Gasteiger partial charge in [0.15, 0.2) is 0 Å². The van der Waals surface area contributed by atoms with Crippen LogP contribution in [0.2, 0.25) is 0 Å². The minimum Gasteiger partial charge on any atom is -0.291 e. The molecule has 1 atom stereocenters. The zero-order valence-corrected chi connectivity index (χ0v) is 16.1. The summed E-state index contributed by atoms with van der Waals surface area (Å²) < 4.78 is 1.69. The second-order valence-corrected chi connectivity index (χ2v) is 7.75. The Morgan fingerprint density at radius 3 is 2.77 bits per heavy atom. The Bertz CT molecular complexity index is 1070. The average molecular weight is 385 g/mol. The molecule has 0 saturated carbocycles. The van der Waals surface area contributed by atoms with Gasteiger partial charge in [-0.3, -0.25) is 14.6 Å². The van der Waals surface area contributed by atoms with Crippen molar-refractivity contribution in [2.75, 3.05) is 11.2 Å². The van der Waals surface area contributed by atoms with Gasteiger partial charge in [0.05, 0.1) is 11.3 Å². The van der Waals surface area contributed by atoms with Crippen LogP contribution in [-0.4, -0.2) is 22.2 Å². The van der Waals surface area contributed by atoms with Gasteiger partial charge in [0.25, 0.3) is 0 Å². The summed E-state index contributed by atoms with van der Waals surface area (Å²) in [5, 5.41) is 7.15. The van der Waals surface area contributed by atoms with Gasteiger partial charge >= 0.3 is 17.4 Å². The van der Waals surface area contributed by atoms with E-state index in [-0.39, 0.29) is 11.5 Å². The largest absolute Gasteiger partial charge is 0.325 e. The first kappa shape index (κ1) is 17.0. The number of hydrogen-bond donors (Lipinski definition) is 1. The molecule has 0 saturated heterocycles. The maximum Gasteiger partial charge on any atom is 0.325 e. The Morgan fingerprint density at radius 2 is 2.12 bits per heavy atom. The number of amides is 1. The highest BCUT2D eigenvalue weighted by atomic mass is 32.2. The van der Waals surface area contributed by atoms with Crippen molar-refractivity contribution in [1.29, 1.82) is 0 Å². The van der Waals surface area contributed by atoms with E-state index in [9.17, 15) is 9.59 Å². The number of para-hydroxylation sites is 1. The lowest BCUT2D eigenvalue weighted by Gasteiger charge is -2.30. The van der Waals surface area contributed by atoms with E-state index in [1.165, 1.54) is 11.8 Å².